The van der Waals surface area contributed by atoms with Crippen molar-refractivity contribution in [3.63, 3.8) is 0 Å². The predicted octanol–water partition coefficient (Wildman–Crippen LogP) is 3.16. The van der Waals surface area contributed by atoms with Gasteiger partial charge in [0.2, 0.25) is 0 Å². The van der Waals surface area contributed by atoms with Crippen molar-refractivity contribution < 1.29 is 19.8 Å². The fourth-order valence-corrected chi connectivity index (χ4v) is 3.93. The van der Waals surface area contributed by atoms with Gasteiger partial charge < -0.3 is 10.2 Å². The molecule has 0 aliphatic heterocycles. The zero-order valence-corrected chi connectivity index (χ0v) is 11.4. The number of aliphatic carboxylic acids is 2. The van der Waals surface area contributed by atoms with Crippen LogP contribution in [0.1, 0.15) is 57.8 Å². The number of carboxylic acid groups (broad SMARTS) is 2. The van der Waals surface area contributed by atoms with Crippen LogP contribution in [0.3, 0.4) is 0 Å². The van der Waals surface area contributed by atoms with Crippen LogP contribution in [-0.4, -0.2) is 22.2 Å². The fraction of sp³-hybridized carbons (Fsp3) is 0.867. The first-order valence-electron chi connectivity index (χ1n) is 7.52. The van der Waals surface area contributed by atoms with Crippen molar-refractivity contribution in [3.05, 3.63) is 0 Å². The van der Waals surface area contributed by atoms with E-state index >= 15 is 0 Å². The smallest absolute Gasteiger partial charge is 0.306 e. The highest BCUT2D eigenvalue weighted by Crippen LogP contribution is 2.38. The molecule has 0 spiro atoms. The first-order chi connectivity index (χ1) is 9.06. The summed E-state index contributed by atoms with van der Waals surface area (Å²) >= 11 is 0. The summed E-state index contributed by atoms with van der Waals surface area (Å²) in [6.45, 7) is 0. The lowest BCUT2D eigenvalue weighted by molar-refractivity contribution is -0.143. The molecule has 0 amide bonds. The third-order valence-corrected chi connectivity index (χ3v) is 4.93. The van der Waals surface area contributed by atoms with Gasteiger partial charge in [-0.05, 0) is 43.9 Å². The van der Waals surface area contributed by atoms with Gasteiger partial charge in [0.25, 0.3) is 0 Å². The van der Waals surface area contributed by atoms with E-state index in [2.05, 4.69) is 0 Å². The van der Waals surface area contributed by atoms with Crippen LogP contribution in [0, 0.1) is 23.7 Å². The van der Waals surface area contributed by atoms with Crippen LogP contribution < -0.4 is 0 Å². The zero-order valence-electron chi connectivity index (χ0n) is 11.4. The maximum atomic E-state index is 11.1. The molecule has 0 radical (unpaired) electrons. The Morgan fingerprint density at radius 3 is 1.58 bits per heavy atom. The summed E-state index contributed by atoms with van der Waals surface area (Å²) < 4.78 is 0. The number of carbonyl (C=O) groups is 2. The molecule has 0 aromatic rings. The van der Waals surface area contributed by atoms with Gasteiger partial charge in [-0.1, -0.05) is 25.7 Å². The Morgan fingerprint density at radius 1 is 0.789 bits per heavy atom. The average Bonchev–Trinajstić information content (AvgIpc) is 2.39. The summed E-state index contributed by atoms with van der Waals surface area (Å²) in [6.07, 6.45) is 8.52. The number of carboxylic acids is 2. The molecular formula is C15H24O4. The molecule has 2 N–H and O–H groups in total. The van der Waals surface area contributed by atoms with Gasteiger partial charge in [0, 0.05) is 0 Å². The van der Waals surface area contributed by atoms with Crippen molar-refractivity contribution in [2.75, 3.05) is 0 Å². The maximum Gasteiger partial charge on any atom is 0.306 e. The van der Waals surface area contributed by atoms with Crippen LogP contribution in [0.4, 0.5) is 0 Å². The maximum absolute atomic E-state index is 11.1. The zero-order chi connectivity index (χ0) is 13.8. The molecule has 0 bridgehead atoms. The molecule has 2 saturated carbocycles. The van der Waals surface area contributed by atoms with E-state index in [0.29, 0.717) is 11.8 Å². The van der Waals surface area contributed by atoms with Gasteiger partial charge in [0.1, 0.15) is 0 Å². The Labute approximate surface area is 114 Å². The predicted molar refractivity (Wildman–Crippen MR) is 70.8 cm³/mol. The summed E-state index contributed by atoms with van der Waals surface area (Å²) in [5.74, 6) is -0.663. The van der Waals surface area contributed by atoms with Gasteiger partial charge in [0.15, 0.2) is 0 Å². The second-order valence-electron chi connectivity index (χ2n) is 6.37. The highest BCUT2D eigenvalue weighted by Gasteiger charge is 2.32. The minimum absolute atomic E-state index is 0.169. The molecule has 0 aromatic carbocycles. The lowest BCUT2D eigenvalue weighted by Gasteiger charge is -2.33. The molecule has 2 aliphatic carbocycles. The van der Waals surface area contributed by atoms with Crippen LogP contribution in [0.15, 0.2) is 0 Å². The van der Waals surface area contributed by atoms with Gasteiger partial charge in [-0.2, -0.15) is 0 Å². The van der Waals surface area contributed by atoms with Gasteiger partial charge in [0.05, 0.1) is 11.8 Å². The van der Waals surface area contributed by atoms with Gasteiger partial charge in [-0.15, -0.1) is 0 Å². The van der Waals surface area contributed by atoms with Crippen molar-refractivity contribution >= 4 is 11.9 Å². The Kier molecular flexibility index (Phi) is 4.83. The summed E-state index contributed by atoms with van der Waals surface area (Å²) in [5.41, 5.74) is 0. The highest BCUT2D eigenvalue weighted by atomic mass is 16.4. The molecule has 108 valence electrons. The highest BCUT2D eigenvalue weighted by molar-refractivity contribution is 5.70. The van der Waals surface area contributed by atoms with Crippen LogP contribution in [0.2, 0.25) is 0 Å². The van der Waals surface area contributed by atoms with Crippen molar-refractivity contribution in [2.45, 2.75) is 57.8 Å². The summed E-state index contributed by atoms with van der Waals surface area (Å²) in [6, 6.07) is 0. The van der Waals surface area contributed by atoms with E-state index in [9.17, 15) is 9.59 Å². The van der Waals surface area contributed by atoms with Crippen LogP contribution in [-0.2, 0) is 9.59 Å². The largest absolute Gasteiger partial charge is 0.481 e. The Balaban J connectivity index is 1.83. The monoisotopic (exact) mass is 268 g/mol. The van der Waals surface area contributed by atoms with Crippen molar-refractivity contribution in [1.82, 2.24) is 0 Å². The second-order valence-corrected chi connectivity index (χ2v) is 6.37. The standard InChI is InChI=1S/C15H24O4/c16-14(17)12-5-1-3-10(8-12)7-11-4-2-6-13(9-11)15(18)19/h10-13H,1-9H2,(H,16,17)(H,18,19). The van der Waals surface area contributed by atoms with Crippen LogP contribution in [0.25, 0.3) is 0 Å². The van der Waals surface area contributed by atoms with Gasteiger partial charge in [-0.25, -0.2) is 0 Å². The van der Waals surface area contributed by atoms with E-state index in [1.807, 2.05) is 0 Å². The van der Waals surface area contributed by atoms with Crippen molar-refractivity contribution in [3.8, 4) is 0 Å². The Morgan fingerprint density at radius 2 is 1.21 bits per heavy atom. The SMILES string of the molecule is O=C(O)C1CCCC(CC2CCCC(C(=O)O)C2)C1. The minimum atomic E-state index is -0.656. The molecule has 0 heterocycles. The van der Waals surface area contributed by atoms with Gasteiger partial charge in [-0.3, -0.25) is 9.59 Å². The topological polar surface area (TPSA) is 74.6 Å². The molecule has 4 unspecified atom stereocenters. The van der Waals surface area contributed by atoms with Gasteiger partial charge >= 0.3 is 11.9 Å². The second kappa shape index (κ2) is 6.40. The lowest BCUT2D eigenvalue weighted by atomic mass is 9.72. The summed E-state index contributed by atoms with van der Waals surface area (Å²) in [5, 5.41) is 18.2. The molecule has 2 aliphatic rings. The summed E-state index contributed by atoms with van der Waals surface area (Å²) in [4.78, 5) is 22.1. The normalized spacial score (nSPS) is 35.8. The third kappa shape index (κ3) is 3.95. The number of hydrogen-bond acceptors (Lipinski definition) is 2. The quantitative estimate of drug-likeness (QED) is 0.821. The Hall–Kier alpha value is -1.06. The van der Waals surface area contributed by atoms with E-state index in [0.717, 1.165) is 57.8 Å². The number of hydrogen-bond donors (Lipinski definition) is 2. The van der Waals surface area contributed by atoms with Crippen molar-refractivity contribution in [2.24, 2.45) is 23.7 Å². The Bertz CT molecular complexity index is 307. The summed E-state index contributed by atoms with van der Waals surface area (Å²) in [7, 11) is 0. The molecule has 4 atom stereocenters. The molecule has 4 heteroatoms. The first kappa shape index (κ1) is 14.4. The molecule has 2 fully saturated rings. The molecule has 0 aromatic heterocycles. The first-order valence-corrected chi connectivity index (χ1v) is 7.52. The molecule has 4 nitrogen and oxygen atoms in total. The number of rotatable bonds is 4. The van der Waals surface area contributed by atoms with Crippen LogP contribution >= 0.6 is 0 Å². The van der Waals surface area contributed by atoms with E-state index in [4.69, 9.17) is 10.2 Å². The molecule has 0 saturated heterocycles. The lowest BCUT2D eigenvalue weighted by Crippen LogP contribution is -2.27. The molecule has 19 heavy (non-hydrogen) atoms. The van der Waals surface area contributed by atoms with E-state index < -0.39 is 11.9 Å². The molecular weight excluding hydrogens is 244 g/mol. The van der Waals surface area contributed by atoms with E-state index in [1.54, 1.807) is 0 Å². The van der Waals surface area contributed by atoms with Crippen molar-refractivity contribution in [1.29, 1.82) is 0 Å². The minimum Gasteiger partial charge on any atom is -0.481 e. The fourth-order valence-electron chi connectivity index (χ4n) is 3.93. The van der Waals surface area contributed by atoms with Crippen LogP contribution in [0.5, 0.6) is 0 Å². The van der Waals surface area contributed by atoms with E-state index in [-0.39, 0.29) is 11.8 Å². The average molecular weight is 268 g/mol. The molecule has 2 rings (SSSR count). The van der Waals surface area contributed by atoms with E-state index in [1.165, 1.54) is 0 Å². The third-order valence-electron chi connectivity index (χ3n) is 4.93.